The van der Waals surface area contributed by atoms with Crippen molar-refractivity contribution in [1.29, 1.82) is 0 Å². The molecule has 3 heterocycles. The van der Waals surface area contributed by atoms with E-state index in [1.54, 1.807) is 37.4 Å². The van der Waals surface area contributed by atoms with Crippen LogP contribution >= 0.6 is 23.2 Å². The van der Waals surface area contributed by atoms with E-state index in [1.165, 1.54) is 22.9 Å². The quantitative estimate of drug-likeness (QED) is 0.292. The van der Waals surface area contributed by atoms with Gasteiger partial charge in [0.05, 0.1) is 22.1 Å². The van der Waals surface area contributed by atoms with Crippen LogP contribution in [0.25, 0.3) is 17.1 Å². The first-order valence-corrected chi connectivity index (χ1v) is 12.0. The lowest BCUT2D eigenvalue weighted by Crippen LogP contribution is -2.22. The van der Waals surface area contributed by atoms with Gasteiger partial charge >= 0.3 is 0 Å². The van der Waals surface area contributed by atoms with Crippen molar-refractivity contribution in [1.82, 2.24) is 19.5 Å². The standard InChI is InChI=1S/C27H25Cl2FN4O2/c1-15-12-32-26(27(3,4)5)33-24(15)20-11-21(19(28)13-31-20)34-16(2)10-22(23(29)25(34)35)36-14-17-6-8-18(30)9-7-17/h6-13H,14H2,1-5H3. The van der Waals surface area contributed by atoms with Gasteiger partial charge in [-0.15, -0.1) is 0 Å². The molecule has 6 nitrogen and oxygen atoms in total. The van der Waals surface area contributed by atoms with Gasteiger partial charge in [-0.1, -0.05) is 56.1 Å². The third-order valence-electron chi connectivity index (χ3n) is 5.57. The van der Waals surface area contributed by atoms with Gasteiger partial charge in [0.25, 0.3) is 5.56 Å². The van der Waals surface area contributed by atoms with Gasteiger partial charge in [0.1, 0.15) is 29.0 Å². The Bertz CT molecular complexity index is 1500. The summed E-state index contributed by atoms with van der Waals surface area (Å²) in [7, 11) is 0. The van der Waals surface area contributed by atoms with Crippen LogP contribution in [0.4, 0.5) is 4.39 Å². The van der Waals surface area contributed by atoms with Crippen LogP contribution in [0.3, 0.4) is 0 Å². The van der Waals surface area contributed by atoms with E-state index in [1.807, 2.05) is 27.7 Å². The SMILES string of the molecule is Cc1cnc(C(C)(C)C)nc1-c1cc(-n2c(C)cc(OCc3ccc(F)cc3)c(Cl)c2=O)c(Cl)cn1. The van der Waals surface area contributed by atoms with Crippen molar-refractivity contribution in [2.45, 2.75) is 46.6 Å². The second-order valence-electron chi connectivity index (χ2n) is 9.52. The largest absolute Gasteiger partial charge is 0.487 e. The molecule has 0 fully saturated rings. The molecule has 0 N–H and O–H groups in total. The topological polar surface area (TPSA) is 69.9 Å². The van der Waals surface area contributed by atoms with Gasteiger partial charge in [0, 0.05) is 29.6 Å². The summed E-state index contributed by atoms with van der Waals surface area (Å²) in [4.78, 5) is 27.0. The fourth-order valence-corrected chi connectivity index (χ4v) is 4.00. The van der Waals surface area contributed by atoms with Gasteiger partial charge in [-0.2, -0.15) is 0 Å². The predicted octanol–water partition coefficient (Wildman–Crippen LogP) is 6.63. The monoisotopic (exact) mass is 526 g/mol. The van der Waals surface area contributed by atoms with Crippen LogP contribution in [-0.4, -0.2) is 19.5 Å². The molecule has 1 aromatic carbocycles. The van der Waals surface area contributed by atoms with E-state index in [-0.39, 0.29) is 33.6 Å². The molecule has 0 aliphatic carbocycles. The van der Waals surface area contributed by atoms with Gasteiger partial charge in [-0.05, 0) is 43.2 Å². The van der Waals surface area contributed by atoms with Gasteiger partial charge in [-0.25, -0.2) is 14.4 Å². The maximum Gasteiger partial charge on any atom is 0.277 e. The lowest BCUT2D eigenvalue weighted by atomic mass is 9.95. The van der Waals surface area contributed by atoms with Crippen molar-refractivity contribution in [3.05, 3.63) is 97.7 Å². The zero-order valence-corrected chi connectivity index (χ0v) is 22.1. The second kappa shape index (κ2) is 9.99. The summed E-state index contributed by atoms with van der Waals surface area (Å²) in [5, 5.41) is 0.188. The molecular weight excluding hydrogens is 502 g/mol. The van der Waals surface area contributed by atoms with Crippen LogP contribution in [0, 0.1) is 19.7 Å². The van der Waals surface area contributed by atoms with E-state index >= 15 is 0 Å². The number of halogens is 3. The predicted molar refractivity (Wildman–Crippen MR) is 140 cm³/mol. The number of nitrogens with zero attached hydrogens (tertiary/aromatic N) is 4. The lowest BCUT2D eigenvalue weighted by molar-refractivity contribution is 0.305. The Morgan fingerprint density at radius 2 is 1.72 bits per heavy atom. The smallest absolute Gasteiger partial charge is 0.277 e. The summed E-state index contributed by atoms with van der Waals surface area (Å²) in [6.45, 7) is 9.89. The summed E-state index contributed by atoms with van der Waals surface area (Å²) in [6, 6.07) is 9.28. The van der Waals surface area contributed by atoms with Crippen LogP contribution < -0.4 is 10.3 Å². The Hall–Kier alpha value is -3.29. The van der Waals surface area contributed by atoms with Gasteiger partial charge in [0.15, 0.2) is 0 Å². The maximum atomic E-state index is 13.3. The Kier molecular flexibility index (Phi) is 7.16. The van der Waals surface area contributed by atoms with Crippen molar-refractivity contribution in [2.24, 2.45) is 0 Å². The highest BCUT2D eigenvalue weighted by Gasteiger charge is 2.21. The number of benzene rings is 1. The van der Waals surface area contributed by atoms with E-state index < -0.39 is 5.56 Å². The van der Waals surface area contributed by atoms with Gasteiger partial charge < -0.3 is 4.74 Å². The molecule has 0 radical (unpaired) electrons. The minimum atomic E-state index is -0.486. The third-order valence-corrected chi connectivity index (χ3v) is 6.21. The fourth-order valence-electron chi connectivity index (χ4n) is 3.62. The molecule has 0 bridgehead atoms. The van der Waals surface area contributed by atoms with Crippen LogP contribution in [0.5, 0.6) is 5.75 Å². The van der Waals surface area contributed by atoms with Crippen molar-refractivity contribution >= 4 is 23.2 Å². The van der Waals surface area contributed by atoms with Gasteiger partial charge in [0.2, 0.25) is 0 Å². The fraction of sp³-hybridized carbons (Fsp3) is 0.259. The first kappa shape index (κ1) is 25.8. The van der Waals surface area contributed by atoms with E-state index in [4.69, 9.17) is 32.9 Å². The minimum absolute atomic E-state index is 0.0922. The summed E-state index contributed by atoms with van der Waals surface area (Å²) in [6.07, 6.45) is 3.25. The Morgan fingerprint density at radius 3 is 2.39 bits per heavy atom. The Labute approximate surface area is 218 Å². The molecule has 0 atom stereocenters. The van der Waals surface area contributed by atoms with E-state index in [9.17, 15) is 9.18 Å². The Balaban J connectivity index is 1.75. The number of rotatable bonds is 5. The summed E-state index contributed by atoms with van der Waals surface area (Å²) < 4.78 is 20.3. The molecule has 3 aromatic heterocycles. The molecule has 36 heavy (non-hydrogen) atoms. The minimum Gasteiger partial charge on any atom is -0.487 e. The molecule has 0 saturated heterocycles. The van der Waals surface area contributed by atoms with E-state index in [0.29, 0.717) is 28.6 Å². The van der Waals surface area contributed by atoms with Crippen LogP contribution in [-0.2, 0) is 12.0 Å². The first-order chi connectivity index (χ1) is 17.0. The zero-order chi connectivity index (χ0) is 26.2. The molecular formula is C27H25Cl2FN4O2. The molecule has 0 aliphatic heterocycles. The number of ether oxygens (including phenoxy) is 1. The molecule has 4 aromatic rings. The van der Waals surface area contributed by atoms with Crippen molar-refractivity contribution < 1.29 is 9.13 Å². The Morgan fingerprint density at radius 1 is 1.03 bits per heavy atom. The molecule has 0 spiro atoms. The normalized spacial score (nSPS) is 11.6. The molecule has 0 aliphatic rings. The average molecular weight is 527 g/mol. The first-order valence-electron chi connectivity index (χ1n) is 11.3. The molecule has 0 amide bonds. The van der Waals surface area contributed by atoms with Crippen molar-refractivity contribution in [3.8, 4) is 22.8 Å². The summed E-state index contributed by atoms with van der Waals surface area (Å²) >= 11 is 12.9. The van der Waals surface area contributed by atoms with Crippen molar-refractivity contribution in [3.63, 3.8) is 0 Å². The zero-order valence-electron chi connectivity index (χ0n) is 20.6. The molecule has 9 heteroatoms. The van der Waals surface area contributed by atoms with Crippen LogP contribution in [0.2, 0.25) is 10.0 Å². The highest BCUT2D eigenvalue weighted by molar-refractivity contribution is 6.33. The van der Waals surface area contributed by atoms with Crippen LogP contribution in [0.1, 0.15) is 43.4 Å². The number of aromatic nitrogens is 4. The molecule has 186 valence electrons. The summed E-state index contributed by atoms with van der Waals surface area (Å²) in [5.74, 6) is 0.572. The average Bonchev–Trinajstić information content (AvgIpc) is 2.82. The number of hydrogen-bond donors (Lipinski definition) is 0. The molecule has 0 saturated carbocycles. The second-order valence-corrected chi connectivity index (χ2v) is 10.3. The number of hydrogen-bond acceptors (Lipinski definition) is 5. The van der Waals surface area contributed by atoms with E-state index in [2.05, 4.69) is 9.97 Å². The maximum absolute atomic E-state index is 13.3. The molecule has 0 unspecified atom stereocenters. The van der Waals surface area contributed by atoms with Gasteiger partial charge in [-0.3, -0.25) is 14.3 Å². The number of aryl methyl sites for hydroxylation is 2. The third kappa shape index (κ3) is 5.27. The van der Waals surface area contributed by atoms with Crippen LogP contribution in [0.15, 0.2) is 53.6 Å². The highest BCUT2D eigenvalue weighted by atomic mass is 35.5. The highest BCUT2D eigenvalue weighted by Crippen LogP contribution is 2.30. The van der Waals surface area contributed by atoms with Crippen molar-refractivity contribution in [2.75, 3.05) is 0 Å². The van der Waals surface area contributed by atoms with E-state index in [0.717, 1.165) is 11.1 Å². The number of pyridine rings is 2. The lowest BCUT2D eigenvalue weighted by Gasteiger charge is -2.19. The molecule has 4 rings (SSSR count). The summed E-state index contributed by atoms with van der Waals surface area (Å²) in [5.41, 5.74) is 3.05.